The van der Waals surface area contributed by atoms with Crippen LogP contribution in [0.2, 0.25) is 0 Å². The molecule has 0 spiro atoms. The highest BCUT2D eigenvalue weighted by molar-refractivity contribution is 5.84. The van der Waals surface area contributed by atoms with Gasteiger partial charge in [0.05, 0.1) is 11.9 Å². The molecule has 1 aliphatic carbocycles. The van der Waals surface area contributed by atoms with E-state index in [1.54, 1.807) is 12.7 Å². The van der Waals surface area contributed by atoms with Crippen molar-refractivity contribution in [3.8, 4) is 0 Å². The van der Waals surface area contributed by atoms with Crippen molar-refractivity contribution < 1.29 is 0 Å². The quantitative estimate of drug-likeness (QED) is 0.696. The Bertz CT molecular complexity index is 773. The number of nitrogens with zero attached hydrogens (tertiary/aromatic N) is 5. The molecule has 3 aromatic rings. The number of hydrogen-bond acceptors (Lipinski definition) is 5. The van der Waals surface area contributed by atoms with Crippen LogP contribution in [0.15, 0.2) is 12.7 Å². The molecule has 1 aliphatic rings. The SMILES string of the molecule is CC1CCCC(N)(c2nnc3c4[nH]cnc4ncn23)C1. The van der Waals surface area contributed by atoms with Crippen LogP contribution in [0.4, 0.5) is 0 Å². The molecular weight excluding hydrogens is 254 g/mol. The highest BCUT2D eigenvalue weighted by Crippen LogP contribution is 2.37. The van der Waals surface area contributed by atoms with Crippen LogP contribution in [0.3, 0.4) is 0 Å². The molecule has 3 N–H and O–H groups in total. The molecular formula is C13H17N7. The summed E-state index contributed by atoms with van der Waals surface area (Å²) in [4.78, 5) is 11.5. The van der Waals surface area contributed by atoms with Crippen LogP contribution >= 0.6 is 0 Å². The molecule has 3 aromatic heterocycles. The molecule has 7 nitrogen and oxygen atoms in total. The second-order valence-corrected chi connectivity index (χ2v) is 5.92. The Morgan fingerprint density at radius 2 is 2.30 bits per heavy atom. The van der Waals surface area contributed by atoms with Gasteiger partial charge >= 0.3 is 0 Å². The topological polar surface area (TPSA) is 97.8 Å². The third-order valence-electron chi connectivity index (χ3n) is 4.31. The lowest BCUT2D eigenvalue weighted by Gasteiger charge is -2.35. The number of fused-ring (bicyclic) bond motifs is 3. The fourth-order valence-corrected chi connectivity index (χ4v) is 3.37. The van der Waals surface area contributed by atoms with Crippen molar-refractivity contribution in [3.05, 3.63) is 18.5 Å². The average Bonchev–Trinajstić information content (AvgIpc) is 3.04. The van der Waals surface area contributed by atoms with Gasteiger partial charge in [0, 0.05) is 0 Å². The van der Waals surface area contributed by atoms with E-state index in [4.69, 9.17) is 5.73 Å². The van der Waals surface area contributed by atoms with Gasteiger partial charge in [-0.15, -0.1) is 10.2 Å². The molecule has 0 radical (unpaired) electrons. The van der Waals surface area contributed by atoms with Crippen molar-refractivity contribution in [2.45, 2.75) is 38.1 Å². The predicted octanol–water partition coefficient (Wildman–Crippen LogP) is 1.36. The van der Waals surface area contributed by atoms with Crippen molar-refractivity contribution in [2.24, 2.45) is 11.7 Å². The zero-order chi connectivity index (χ0) is 13.7. The molecule has 7 heteroatoms. The number of nitrogens with two attached hydrogens (primary N) is 1. The van der Waals surface area contributed by atoms with E-state index in [-0.39, 0.29) is 0 Å². The summed E-state index contributed by atoms with van der Waals surface area (Å²) in [5, 5.41) is 8.64. The van der Waals surface area contributed by atoms with Gasteiger partial charge in [-0.25, -0.2) is 9.97 Å². The largest absolute Gasteiger partial charge is 0.340 e. The Morgan fingerprint density at radius 3 is 3.15 bits per heavy atom. The van der Waals surface area contributed by atoms with Gasteiger partial charge in [-0.1, -0.05) is 19.8 Å². The van der Waals surface area contributed by atoms with Crippen LogP contribution in [-0.2, 0) is 5.54 Å². The van der Waals surface area contributed by atoms with Gasteiger partial charge in [0.25, 0.3) is 0 Å². The van der Waals surface area contributed by atoms with Crippen molar-refractivity contribution >= 4 is 16.8 Å². The number of nitrogens with one attached hydrogen (secondary N) is 1. The Balaban J connectivity index is 1.91. The zero-order valence-electron chi connectivity index (χ0n) is 11.4. The van der Waals surface area contributed by atoms with Crippen molar-refractivity contribution in [3.63, 3.8) is 0 Å². The average molecular weight is 271 g/mol. The van der Waals surface area contributed by atoms with Gasteiger partial charge in [0.2, 0.25) is 0 Å². The van der Waals surface area contributed by atoms with E-state index >= 15 is 0 Å². The highest BCUT2D eigenvalue weighted by atomic mass is 15.3. The lowest BCUT2D eigenvalue weighted by Crippen LogP contribution is -2.42. The first-order valence-corrected chi connectivity index (χ1v) is 6.99. The summed E-state index contributed by atoms with van der Waals surface area (Å²) in [7, 11) is 0. The molecule has 4 rings (SSSR count). The van der Waals surface area contributed by atoms with Gasteiger partial charge in [0.15, 0.2) is 17.1 Å². The standard InChI is InChI=1S/C13H17N7/c1-8-3-2-4-13(14,5-8)12-19-18-11-9-10(16-6-15-9)17-7-20(11)12/h6-8H,2-5,14H2,1H3,(H,15,16). The van der Waals surface area contributed by atoms with Crippen LogP contribution in [0, 0.1) is 5.92 Å². The minimum absolute atomic E-state index is 0.410. The number of hydrogen-bond donors (Lipinski definition) is 2. The molecule has 2 unspecified atom stereocenters. The van der Waals surface area contributed by atoms with Gasteiger partial charge < -0.3 is 10.7 Å². The van der Waals surface area contributed by atoms with Crippen LogP contribution < -0.4 is 5.73 Å². The number of aromatic amines is 1. The summed E-state index contributed by atoms with van der Waals surface area (Å²) in [5.74, 6) is 1.42. The molecule has 0 amide bonds. The van der Waals surface area contributed by atoms with Crippen molar-refractivity contribution in [1.29, 1.82) is 0 Å². The zero-order valence-corrected chi connectivity index (χ0v) is 11.4. The maximum atomic E-state index is 6.62. The lowest BCUT2D eigenvalue weighted by molar-refractivity contribution is 0.226. The Labute approximate surface area is 115 Å². The van der Waals surface area contributed by atoms with E-state index < -0.39 is 5.54 Å². The van der Waals surface area contributed by atoms with Crippen LogP contribution in [0.1, 0.15) is 38.4 Å². The van der Waals surface area contributed by atoms with Crippen LogP contribution in [0.5, 0.6) is 0 Å². The molecule has 0 aromatic carbocycles. The fourth-order valence-electron chi connectivity index (χ4n) is 3.37. The Kier molecular flexibility index (Phi) is 2.35. The van der Waals surface area contributed by atoms with Crippen molar-refractivity contribution in [1.82, 2.24) is 29.5 Å². The first-order chi connectivity index (χ1) is 9.67. The summed E-state index contributed by atoms with van der Waals surface area (Å²) in [6.45, 7) is 2.25. The molecule has 3 heterocycles. The second-order valence-electron chi connectivity index (χ2n) is 5.92. The van der Waals surface area contributed by atoms with Crippen molar-refractivity contribution in [2.75, 3.05) is 0 Å². The minimum atomic E-state index is -0.410. The lowest BCUT2D eigenvalue weighted by atomic mass is 9.76. The van der Waals surface area contributed by atoms with Gasteiger partial charge in [-0.2, -0.15) is 0 Å². The van der Waals surface area contributed by atoms with Gasteiger partial charge in [0.1, 0.15) is 11.8 Å². The van der Waals surface area contributed by atoms with E-state index in [0.717, 1.165) is 36.3 Å². The molecule has 0 saturated heterocycles. The minimum Gasteiger partial charge on any atom is -0.340 e. The molecule has 2 atom stereocenters. The normalized spacial score (nSPS) is 27.4. The molecule has 104 valence electrons. The highest BCUT2D eigenvalue weighted by Gasteiger charge is 2.37. The number of imidazole rings is 1. The van der Waals surface area contributed by atoms with E-state index in [1.165, 1.54) is 6.42 Å². The van der Waals surface area contributed by atoms with E-state index in [1.807, 2.05) is 4.40 Å². The smallest absolute Gasteiger partial charge is 0.189 e. The van der Waals surface area contributed by atoms with E-state index in [9.17, 15) is 0 Å². The first-order valence-electron chi connectivity index (χ1n) is 6.99. The van der Waals surface area contributed by atoms with Crippen LogP contribution in [-0.4, -0.2) is 29.5 Å². The Hall–Kier alpha value is -2.02. The summed E-state index contributed by atoms with van der Waals surface area (Å²) < 4.78 is 1.90. The fraction of sp³-hybridized carbons (Fsp3) is 0.538. The number of H-pyrrole nitrogens is 1. The monoisotopic (exact) mass is 271 g/mol. The summed E-state index contributed by atoms with van der Waals surface area (Å²) in [5.41, 5.74) is 8.41. The third kappa shape index (κ3) is 1.56. The molecule has 1 fully saturated rings. The number of aromatic nitrogens is 6. The van der Waals surface area contributed by atoms with Gasteiger partial charge in [-0.3, -0.25) is 4.40 Å². The molecule has 0 bridgehead atoms. The maximum Gasteiger partial charge on any atom is 0.189 e. The molecule has 1 saturated carbocycles. The number of rotatable bonds is 1. The summed E-state index contributed by atoms with van der Waals surface area (Å²) >= 11 is 0. The molecule has 20 heavy (non-hydrogen) atoms. The third-order valence-corrected chi connectivity index (χ3v) is 4.31. The summed E-state index contributed by atoms with van der Waals surface area (Å²) in [6.07, 6.45) is 7.59. The van der Waals surface area contributed by atoms with E-state index in [2.05, 4.69) is 32.1 Å². The first kappa shape index (κ1) is 11.8. The second kappa shape index (κ2) is 3.99. The van der Waals surface area contributed by atoms with Gasteiger partial charge in [-0.05, 0) is 18.8 Å². The Morgan fingerprint density at radius 1 is 1.40 bits per heavy atom. The summed E-state index contributed by atoms with van der Waals surface area (Å²) in [6, 6.07) is 0. The predicted molar refractivity (Wildman–Crippen MR) is 73.9 cm³/mol. The van der Waals surface area contributed by atoms with Crippen LogP contribution in [0.25, 0.3) is 16.8 Å². The maximum absolute atomic E-state index is 6.62. The van der Waals surface area contributed by atoms with E-state index in [0.29, 0.717) is 11.6 Å². The molecule has 0 aliphatic heterocycles.